The third kappa shape index (κ3) is 5.14. The minimum Gasteiger partial charge on any atom is -0.494 e. The van der Waals surface area contributed by atoms with Gasteiger partial charge in [-0.3, -0.25) is 9.59 Å². The summed E-state index contributed by atoms with van der Waals surface area (Å²) in [6.07, 6.45) is 0.264. The first kappa shape index (κ1) is 19.0. The molecule has 1 atom stereocenters. The lowest BCUT2D eigenvalue weighted by Gasteiger charge is -2.18. The van der Waals surface area contributed by atoms with Gasteiger partial charge in [0.1, 0.15) is 11.5 Å². The minimum absolute atomic E-state index is 0.0249. The molecule has 2 amide bonds. The highest BCUT2D eigenvalue weighted by Gasteiger charge is 2.31. The maximum atomic E-state index is 12.3. The number of nitrogens with zero attached hydrogens (tertiary/aromatic N) is 1. The summed E-state index contributed by atoms with van der Waals surface area (Å²) in [5.41, 5.74) is 0.789. The normalized spacial score (nSPS) is 16.3. The van der Waals surface area contributed by atoms with Crippen LogP contribution in [0.5, 0.6) is 11.5 Å². The Balaban J connectivity index is 1.50. The highest BCUT2D eigenvalue weighted by molar-refractivity contribution is 6.30. The molecule has 1 fully saturated rings. The summed E-state index contributed by atoms with van der Waals surface area (Å²) in [5.74, 6) is 1.03. The summed E-state index contributed by atoms with van der Waals surface area (Å²) in [7, 11) is 0. The van der Waals surface area contributed by atoms with Crippen LogP contribution in [-0.2, 0) is 9.59 Å². The average molecular weight is 389 g/mol. The van der Waals surface area contributed by atoms with Crippen molar-refractivity contribution in [3.8, 4) is 11.5 Å². The number of carbonyl (C=O) groups is 2. The van der Waals surface area contributed by atoms with Crippen molar-refractivity contribution < 1.29 is 19.1 Å². The Morgan fingerprint density at radius 3 is 2.41 bits per heavy atom. The van der Waals surface area contributed by atoms with E-state index in [0.29, 0.717) is 23.9 Å². The van der Waals surface area contributed by atoms with Crippen LogP contribution in [0.15, 0.2) is 48.5 Å². The number of benzene rings is 2. The average Bonchev–Trinajstić information content (AvgIpc) is 3.02. The number of nitrogens with one attached hydrogen (secondary N) is 1. The van der Waals surface area contributed by atoms with Crippen LogP contribution in [0.2, 0.25) is 5.02 Å². The third-order valence-corrected chi connectivity index (χ3v) is 4.39. The van der Waals surface area contributed by atoms with Crippen molar-refractivity contribution in [2.75, 3.05) is 24.7 Å². The van der Waals surface area contributed by atoms with Crippen LogP contribution >= 0.6 is 11.6 Å². The number of hydrogen-bond acceptors (Lipinski definition) is 4. The molecule has 142 valence electrons. The van der Waals surface area contributed by atoms with Crippen LogP contribution in [0.25, 0.3) is 0 Å². The maximum absolute atomic E-state index is 12.3. The first-order valence-corrected chi connectivity index (χ1v) is 9.14. The molecular weight excluding hydrogens is 368 g/mol. The molecule has 3 rings (SSSR count). The molecule has 0 bridgehead atoms. The van der Waals surface area contributed by atoms with E-state index in [-0.39, 0.29) is 30.9 Å². The molecule has 0 saturated carbocycles. The molecule has 0 spiro atoms. The van der Waals surface area contributed by atoms with Crippen molar-refractivity contribution in [2.45, 2.75) is 19.4 Å². The van der Waals surface area contributed by atoms with Crippen LogP contribution in [0, 0.1) is 0 Å². The molecule has 1 aliphatic heterocycles. The van der Waals surface area contributed by atoms with E-state index < -0.39 is 0 Å². The molecule has 6 nitrogen and oxygen atoms in total. The lowest BCUT2D eigenvalue weighted by molar-refractivity contribution is -0.123. The maximum Gasteiger partial charge on any atom is 0.258 e. The number of amides is 2. The Morgan fingerprint density at radius 2 is 1.74 bits per heavy atom. The molecule has 2 aromatic carbocycles. The lowest BCUT2D eigenvalue weighted by Crippen LogP contribution is -2.39. The summed E-state index contributed by atoms with van der Waals surface area (Å²) in [6.45, 7) is 2.82. The van der Waals surface area contributed by atoms with Gasteiger partial charge >= 0.3 is 0 Å². The van der Waals surface area contributed by atoms with E-state index in [9.17, 15) is 9.59 Å². The SMILES string of the molecule is CCOc1ccc(N2C[C@H](NC(=O)COc3ccc(Cl)cc3)CC2=O)cc1. The van der Waals surface area contributed by atoms with Gasteiger partial charge in [-0.05, 0) is 55.5 Å². The van der Waals surface area contributed by atoms with Crippen LogP contribution in [0.1, 0.15) is 13.3 Å². The Bertz CT molecular complexity index is 793. The Labute approximate surface area is 163 Å². The Morgan fingerprint density at radius 1 is 1.11 bits per heavy atom. The summed E-state index contributed by atoms with van der Waals surface area (Å²) >= 11 is 5.81. The molecule has 7 heteroatoms. The second-order valence-corrected chi connectivity index (χ2v) is 6.58. The van der Waals surface area contributed by atoms with Crippen molar-refractivity contribution in [1.29, 1.82) is 0 Å². The molecule has 0 unspecified atom stereocenters. The quantitative estimate of drug-likeness (QED) is 0.791. The summed E-state index contributed by atoms with van der Waals surface area (Å²) < 4.78 is 10.8. The number of hydrogen-bond donors (Lipinski definition) is 1. The highest BCUT2D eigenvalue weighted by atomic mass is 35.5. The Kier molecular flexibility index (Phi) is 6.19. The van der Waals surface area contributed by atoms with Gasteiger partial charge < -0.3 is 19.7 Å². The zero-order valence-corrected chi connectivity index (χ0v) is 15.7. The summed E-state index contributed by atoms with van der Waals surface area (Å²) in [5, 5.41) is 3.45. The van der Waals surface area contributed by atoms with Gasteiger partial charge in [0.05, 0.1) is 12.6 Å². The predicted molar refractivity (Wildman–Crippen MR) is 103 cm³/mol. The molecule has 27 heavy (non-hydrogen) atoms. The topological polar surface area (TPSA) is 67.9 Å². The van der Waals surface area contributed by atoms with Crippen LogP contribution < -0.4 is 19.7 Å². The first-order chi connectivity index (χ1) is 13.0. The smallest absolute Gasteiger partial charge is 0.258 e. The summed E-state index contributed by atoms with van der Waals surface area (Å²) in [6, 6.07) is 13.9. The number of carbonyl (C=O) groups excluding carboxylic acids is 2. The van der Waals surface area contributed by atoms with Crippen molar-refractivity contribution in [1.82, 2.24) is 5.32 Å². The van der Waals surface area contributed by atoms with Crippen LogP contribution in [0.3, 0.4) is 0 Å². The molecule has 1 N–H and O–H groups in total. The molecule has 1 heterocycles. The monoisotopic (exact) mass is 388 g/mol. The van der Waals surface area contributed by atoms with Gasteiger partial charge in [0.15, 0.2) is 6.61 Å². The zero-order valence-electron chi connectivity index (χ0n) is 15.0. The van der Waals surface area contributed by atoms with E-state index in [2.05, 4.69) is 5.32 Å². The molecule has 0 radical (unpaired) electrons. The highest BCUT2D eigenvalue weighted by Crippen LogP contribution is 2.24. The molecule has 2 aromatic rings. The minimum atomic E-state index is -0.267. The third-order valence-electron chi connectivity index (χ3n) is 4.13. The first-order valence-electron chi connectivity index (χ1n) is 8.76. The number of rotatable bonds is 7. The van der Waals surface area contributed by atoms with Gasteiger partial charge in [-0.15, -0.1) is 0 Å². The van der Waals surface area contributed by atoms with Crippen molar-refractivity contribution in [2.24, 2.45) is 0 Å². The van der Waals surface area contributed by atoms with Crippen molar-refractivity contribution >= 4 is 29.1 Å². The largest absolute Gasteiger partial charge is 0.494 e. The van der Waals surface area contributed by atoms with Gasteiger partial charge in [0.25, 0.3) is 5.91 Å². The van der Waals surface area contributed by atoms with Crippen molar-refractivity contribution in [3.05, 3.63) is 53.6 Å². The second-order valence-electron chi connectivity index (χ2n) is 6.14. The van der Waals surface area contributed by atoms with E-state index in [1.54, 1.807) is 29.2 Å². The van der Waals surface area contributed by atoms with Gasteiger partial charge in [-0.1, -0.05) is 11.6 Å². The fourth-order valence-corrected chi connectivity index (χ4v) is 3.02. The van der Waals surface area contributed by atoms with E-state index in [4.69, 9.17) is 21.1 Å². The fraction of sp³-hybridized carbons (Fsp3) is 0.300. The zero-order chi connectivity index (χ0) is 19.2. The van der Waals surface area contributed by atoms with Gasteiger partial charge in [-0.2, -0.15) is 0 Å². The fourth-order valence-electron chi connectivity index (χ4n) is 2.89. The lowest BCUT2D eigenvalue weighted by atomic mass is 10.2. The molecular formula is C20H21ClN2O4. The van der Waals surface area contributed by atoms with Gasteiger partial charge in [0.2, 0.25) is 5.91 Å². The van der Waals surface area contributed by atoms with Gasteiger partial charge in [0, 0.05) is 23.7 Å². The van der Waals surface area contributed by atoms with Crippen molar-refractivity contribution in [3.63, 3.8) is 0 Å². The molecule has 1 saturated heterocycles. The van der Waals surface area contributed by atoms with E-state index >= 15 is 0 Å². The van der Waals surface area contributed by atoms with Gasteiger partial charge in [-0.25, -0.2) is 0 Å². The molecule has 0 aromatic heterocycles. The van der Waals surface area contributed by atoms with E-state index in [0.717, 1.165) is 11.4 Å². The number of ether oxygens (including phenoxy) is 2. The van der Waals surface area contributed by atoms with E-state index in [1.165, 1.54) is 0 Å². The molecule has 0 aliphatic carbocycles. The molecule has 1 aliphatic rings. The van der Waals surface area contributed by atoms with E-state index in [1.807, 2.05) is 31.2 Å². The Hall–Kier alpha value is -2.73. The van der Waals surface area contributed by atoms with Crippen LogP contribution in [0.4, 0.5) is 5.69 Å². The summed E-state index contributed by atoms with van der Waals surface area (Å²) in [4.78, 5) is 26.1. The number of halogens is 1. The van der Waals surface area contributed by atoms with Crippen LogP contribution in [-0.4, -0.2) is 37.6 Å². The second kappa shape index (κ2) is 8.77. The standard InChI is InChI=1S/C20H21ClN2O4/c1-2-26-17-9-5-16(6-10-17)23-12-15(11-20(23)25)22-19(24)13-27-18-7-3-14(21)4-8-18/h3-10,15H,2,11-13H2,1H3,(H,22,24)/t15-/m1/s1. The number of anilines is 1. The predicted octanol–water partition coefficient (Wildman–Crippen LogP) is 3.04.